The van der Waals surface area contributed by atoms with Crippen LogP contribution in [0.4, 0.5) is 0 Å². The highest BCUT2D eigenvalue weighted by molar-refractivity contribution is 9.10. The SMILES string of the molecule is C#CCN1CCC(NC(C)c2cccc(Br)c2)CC1. The van der Waals surface area contributed by atoms with Crippen LogP contribution in [0.1, 0.15) is 31.4 Å². The average Bonchev–Trinajstić information content (AvgIpc) is 2.41. The lowest BCUT2D eigenvalue weighted by Crippen LogP contribution is -2.43. The average molecular weight is 321 g/mol. The van der Waals surface area contributed by atoms with Crippen molar-refractivity contribution in [3.05, 3.63) is 34.3 Å². The molecule has 1 aromatic carbocycles. The minimum Gasteiger partial charge on any atom is -0.307 e. The normalized spacial score (nSPS) is 19.0. The fourth-order valence-electron chi connectivity index (χ4n) is 2.61. The molecule has 0 bridgehead atoms. The van der Waals surface area contributed by atoms with E-state index in [-0.39, 0.29) is 0 Å². The molecule has 1 atom stereocenters. The van der Waals surface area contributed by atoms with E-state index >= 15 is 0 Å². The van der Waals surface area contributed by atoms with E-state index in [2.05, 4.69) is 63.3 Å². The van der Waals surface area contributed by atoms with Gasteiger partial charge in [0.05, 0.1) is 6.54 Å². The Kier molecular flexibility index (Phi) is 5.45. The maximum absolute atomic E-state index is 5.35. The number of rotatable bonds is 4. The topological polar surface area (TPSA) is 15.3 Å². The smallest absolute Gasteiger partial charge is 0.0598 e. The van der Waals surface area contributed by atoms with Gasteiger partial charge in [-0.15, -0.1) is 6.42 Å². The molecule has 2 rings (SSSR count). The Labute approximate surface area is 124 Å². The van der Waals surface area contributed by atoms with E-state index in [1.54, 1.807) is 0 Å². The molecule has 1 saturated heterocycles. The Morgan fingerprint density at radius 2 is 2.21 bits per heavy atom. The van der Waals surface area contributed by atoms with Crippen LogP contribution >= 0.6 is 15.9 Å². The first-order chi connectivity index (χ1) is 9.19. The minimum absolute atomic E-state index is 0.390. The van der Waals surface area contributed by atoms with Gasteiger partial charge in [-0.05, 0) is 37.5 Å². The van der Waals surface area contributed by atoms with Crippen LogP contribution in [0.15, 0.2) is 28.7 Å². The van der Waals surface area contributed by atoms with Crippen molar-refractivity contribution in [2.45, 2.75) is 31.8 Å². The monoisotopic (exact) mass is 320 g/mol. The number of piperidine rings is 1. The molecule has 3 heteroatoms. The molecule has 102 valence electrons. The molecule has 0 spiro atoms. The van der Waals surface area contributed by atoms with Crippen molar-refractivity contribution in [2.24, 2.45) is 0 Å². The van der Waals surface area contributed by atoms with Crippen molar-refractivity contribution in [2.75, 3.05) is 19.6 Å². The highest BCUT2D eigenvalue weighted by Crippen LogP contribution is 2.20. The summed E-state index contributed by atoms with van der Waals surface area (Å²) in [6.45, 7) is 5.23. The molecular formula is C16H21BrN2. The Hall–Kier alpha value is -0.820. The number of halogens is 1. The number of terminal acetylenes is 1. The summed E-state index contributed by atoms with van der Waals surface area (Å²) in [6.07, 6.45) is 7.71. The fraction of sp³-hybridized carbons (Fsp3) is 0.500. The molecule has 1 aromatic rings. The first-order valence-electron chi connectivity index (χ1n) is 6.86. The molecule has 0 aromatic heterocycles. The zero-order valence-corrected chi connectivity index (χ0v) is 13.0. The minimum atomic E-state index is 0.390. The van der Waals surface area contributed by atoms with E-state index < -0.39 is 0 Å². The van der Waals surface area contributed by atoms with E-state index in [9.17, 15) is 0 Å². The third-order valence-electron chi connectivity index (χ3n) is 3.74. The van der Waals surface area contributed by atoms with Crippen LogP contribution in [0.25, 0.3) is 0 Å². The Morgan fingerprint density at radius 1 is 1.47 bits per heavy atom. The van der Waals surface area contributed by atoms with Gasteiger partial charge in [0.2, 0.25) is 0 Å². The number of nitrogens with zero attached hydrogens (tertiary/aromatic N) is 1. The van der Waals surface area contributed by atoms with Gasteiger partial charge < -0.3 is 5.32 Å². The highest BCUT2D eigenvalue weighted by atomic mass is 79.9. The lowest BCUT2D eigenvalue weighted by atomic mass is 10.0. The van der Waals surface area contributed by atoms with Gasteiger partial charge in [-0.1, -0.05) is 34.0 Å². The maximum atomic E-state index is 5.35. The maximum Gasteiger partial charge on any atom is 0.0598 e. The second kappa shape index (κ2) is 7.09. The summed E-state index contributed by atoms with van der Waals surface area (Å²) in [5.41, 5.74) is 1.33. The third kappa shape index (κ3) is 4.35. The molecule has 0 saturated carbocycles. The van der Waals surface area contributed by atoms with Gasteiger partial charge in [-0.25, -0.2) is 0 Å². The molecule has 0 aliphatic carbocycles. The summed E-state index contributed by atoms with van der Waals surface area (Å²) < 4.78 is 1.14. The van der Waals surface area contributed by atoms with E-state index in [0.29, 0.717) is 12.1 Å². The largest absolute Gasteiger partial charge is 0.307 e. The fourth-order valence-corrected chi connectivity index (χ4v) is 3.03. The van der Waals surface area contributed by atoms with Crippen LogP contribution in [0, 0.1) is 12.3 Å². The van der Waals surface area contributed by atoms with Gasteiger partial charge in [0.15, 0.2) is 0 Å². The van der Waals surface area contributed by atoms with E-state index in [1.807, 2.05) is 0 Å². The summed E-state index contributed by atoms with van der Waals surface area (Å²) in [4.78, 5) is 2.35. The molecule has 1 aliphatic rings. The molecule has 0 radical (unpaired) electrons. The van der Waals surface area contributed by atoms with Crippen LogP contribution in [-0.4, -0.2) is 30.6 Å². The molecule has 0 amide bonds. The number of hydrogen-bond acceptors (Lipinski definition) is 2. The molecule has 1 N–H and O–H groups in total. The first kappa shape index (κ1) is 14.6. The lowest BCUT2D eigenvalue weighted by molar-refractivity contribution is 0.211. The summed E-state index contributed by atoms with van der Waals surface area (Å²) in [5, 5.41) is 3.73. The summed E-state index contributed by atoms with van der Waals surface area (Å²) >= 11 is 3.53. The second-order valence-electron chi connectivity index (χ2n) is 5.20. The Balaban J connectivity index is 1.84. The zero-order chi connectivity index (χ0) is 13.7. The van der Waals surface area contributed by atoms with Crippen molar-refractivity contribution in [1.82, 2.24) is 10.2 Å². The Morgan fingerprint density at radius 3 is 2.84 bits per heavy atom. The van der Waals surface area contributed by atoms with Crippen LogP contribution in [0.5, 0.6) is 0 Å². The van der Waals surface area contributed by atoms with Crippen molar-refractivity contribution >= 4 is 15.9 Å². The van der Waals surface area contributed by atoms with Crippen molar-refractivity contribution in [3.63, 3.8) is 0 Å². The predicted octanol–water partition coefficient (Wildman–Crippen LogP) is 3.20. The van der Waals surface area contributed by atoms with Crippen molar-refractivity contribution in [3.8, 4) is 12.3 Å². The molecule has 1 fully saturated rings. The van der Waals surface area contributed by atoms with Crippen LogP contribution < -0.4 is 5.32 Å². The van der Waals surface area contributed by atoms with Gasteiger partial charge >= 0.3 is 0 Å². The lowest BCUT2D eigenvalue weighted by Gasteiger charge is -2.33. The first-order valence-corrected chi connectivity index (χ1v) is 7.65. The standard InChI is InChI=1S/C16H21BrN2/c1-3-9-19-10-7-16(8-11-19)18-13(2)14-5-4-6-15(17)12-14/h1,4-6,12-13,16,18H,7-11H2,2H3. The number of hydrogen-bond donors (Lipinski definition) is 1. The van der Waals surface area contributed by atoms with Gasteiger partial charge in [-0.3, -0.25) is 4.90 Å². The zero-order valence-electron chi connectivity index (χ0n) is 11.4. The molecule has 1 aliphatic heterocycles. The predicted molar refractivity (Wildman–Crippen MR) is 84.0 cm³/mol. The van der Waals surface area contributed by atoms with Gasteiger partial charge in [-0.2, -0.15) is 0 Å². The molecule has 1 unspecified atom stereocenters. The van der Waals surface area contributed by atoms with Gasteiger partial charge in [0.25, 0.3) is 0 Å². The number of nitrogens with one attached hydrogen (secondary N) is 1. The van der Waals surface area contributed by atoms with Crippen LogP contribution in [0.2, 0.25) is 0 Å². The summed E-state index contributed by atoms with van der Waals surface area (Å²) in [6, 6.07) is 9.51. The second-order valence-corrected chi connectivity index (χ2v) is 6.11. The quantitative estimate of drug-likeness (QED) is 0.857. The number of benzene rings is 1. The summed E-state index contributed by atoms with van der Waals surface area (Å²) in [7, 11) is 0. The molecule has 1 heterocycles. The van der Waals surface area contributed by atoms with Crippen LogP contribution in [0.3, 0.4) is 0 Å². The molecule has 2 nitrogen and oxygen atoms in total. The van der Waals surface area contributed by atoms with Crippen molar-refractivity contribution in [1.29, 1.82) is 0 Å². The van der Waals surface area contributed by atoms with E-state index in [1.165, 1.54) is 18.4 Å². The van der Waals surface area contributed by atoms with Gasteiger partial charge in [0, 0.05) is 29.6 Å². The molecule has 19 heavy (non-hydrogen) atoms. The highest BCUT2D eigenvalue weighted by Gasteiger charge is 2.20. The van der Waals surface area contributed by atoms with Crippen LogP contribution in [-0.2, 0) is 0 Å². The molecular weight excluding hydrogens is 300 g/mol. The Bertz CT molecular complexity index is 444. The third-order valence-corrected chi connectivity index (χ3v) is 4.23. The summed E-state index contributed by atoms with van der Waals surface area (Å²) in [5.74, 6) is 2.73. The van der Waals surface area contributed by atoms with E-state index in [0.717, 1.165) is 24.1 Å². The van der Waals surface area contributed by atoms with Crippen molar-refractivity contribution < 1.29 is 0 Å². The number of likely N-dealkylation sites (tertiary alicyclic amines) is 1. The van der Waals surface area contributed by atoms with Gasteiger partial charge in [0.1, 0.15) is 0 Å². The van der Waals surface area contributed by atoms with E-state index in [4.69, 9.17) is 6.42 Å².